The van der Waals surface area contributed by atoms with Crippen molar-refractivity contribution in [3.63, 3.8) is 0 Å². The number of benzene rings is 1. The average Bonchev–Trinajstić information content (AvgIpc) is 2.54. The second-order valence-electron chi connectivity index (χ2n) is 5.74. The maximum atomic E-state index is 12.6. The molecule has 1 aliphatic heterocycles. The predicted molar refractivity (Wildman–Crippen MR) is 83.4 cm³/mol. The Labute approximate surface area is 134 Å². The largest absolute Gasteiger partial charge is 0.462 e. The van der Waals surface area contributed by atoms with Gasteiger partial charge >= 0.3 is 5.97 Å². The summed E-state index contributed by atoms with van der Waals surface area (Å²) in [6.07, 6.45) is 1.97. The number of nitro groups is 1. The first-order valence-electron chi connectivity index (χ1n) is 7.68. The molecule has 23 heavy (non-hydrogen) atoms. The molecule has 1 amide bonds. The molecular formula is C16H20N2O5. The van der Waals surface area contributed by atoms with E-state index in [9.17, 15) is 19.7 Å². The lowest BCUT2D eigenvalue weighted by Gasteiger charge is -2.31. The van der Waals surface area contributed by atoms with Crippen LogP contribution in [0.4, 0.5) is 5.69 Å². The van der Waals surface area contributed by atoms with Gasteiger partial charge in [-0.3, -0.25) is 14.9 Å². The number of esters is 1. The minimum atomic E-state index is -0.669. The second-order valence-corrected chi connectivity index (χ2v) is 5.74. The molecular weight excluding hydrogens is 300 g/mol. The number of rotatable bonds is 4. The van der Waals surface area contributed by atoms with Crippen LogP contribution in [0, 0.1) is 16.0 Å². The Kier molecular flexibility index (Phi) is 5.31. The van der Waals surface area contributed by atoms with E-state index in [1.165, 1.54) is 12.1 Å². The van der Waals surface area contributed by atoms with E-state index < -0.39 is 10.9 Å². The first kappa shape index (κ1) is 16.9. The van der Waals surface area contributed by atoms with E-state index in [0.717, 1.165) is 18.9 Å². The van der Waals surface area contributed by atoms with Crippen LogP contribution >= 0.6 is 0 Å². The van der Waals surface area contributed by atoms with E-state index in [0.29, 0.717) is 19.0 Å². The number of nitro benzene ring substituents is 1. The summed E-state index contributed by atoms with van der Waals surface area (Å²) < 4.78 is 4.87. The Morgan fingerprint density at radius 2 is 2.04 bits per heavy atom. The molecule has 1 fully saturated rings. The molecule has 0 radical (unpaired) electrons. The highest BCUT2D eigenvalue weighted by molar-refractivity contribution is 5.99. The van der Waals surface area contributed by atoms with Crippen LogP contribution < -0.4 is 0 Å². The number of amides is 1. The molecule has 0 saturated carbocycles. The van der Waals surface area contributed by atoms with E-state index in [4.69, 9.17) is 4.74 Å². The number of carbonyl (C=O) groups excluding carboxylic acids is 2. The van der Waals surface area contributed by atoms with Crippen molar-refractivity contribution in [3.8, 4) is 0 Å². The van der Waals surface area contributed by atoms with Gasteiger partial charge in [-0.1, -0.05) is 6.92 Å². The summed E-state index contributed by atoms with van der Waals surface area (Å²) in [4.78, 5) is 36.6. The number of ether oxygens (including phenoxy) is 1. The second kappa shape index (κ2) is 7.21. The lowest BCUT2D eigenvalue weighted by molar-refractivity contribution is -0.384. The number of carbonyl (C=O) groups is 2. The molecule has 124 valence electrons. The molecule has 1 heterocycles. The third-order valence-corrected chi connectivity index (χ3v) is 3.83. The highest BCUT2D eigenvalue weighted by Gasteiger charge is 2.25. The molecule has 0 aromatic heterocycles. The number of hydrogen-bond donors (Lipinski definition) is 0. The zero-order chi connectivity index (χ0) is 17.0. The van der Waals surface area contributed by atoms with E-state index in [1.54, 1.807) is 11.8 Å². The molecule has 1 unspecified atom stereocenters. The van der Waals surface area contributed by atoms with Crippen LogP contribution in [0.2, 0.25) is 0 Å². The summed E-state index contributed by atoms with van der Waals surface area (Å²) in [5, 5.41) is 11.1. The van der Waals surface area contributed by atoms with Crippen LogP contribution in [-0.2, 0) is 4.74 Å². The fourth-order valence-electron chi connectivity index (χ4n) is 2.73. The summed E-state index contributed by atoms with van der Waals surface area (Å²) in [5.41, 5.74) is -0.116. The van der Waals surface area contributed by atoms with Gasteiger partial charge in [-0.15, -0.1) is 0 Å². The topological polar surface area (TPSA) is 89.8 Å². The summed E-state index contributed by atoms with van der Waals surface area (Å²) in [6, 6.07) is 3.71. The quantitative estimate of drug-likeness (QED) is 0.483. The van der Waals surface area contributed by atoms with E-state index >= 15 is 0 Å². The summed E-state index contributed by atoms with van der Waals surface area (Å²) in [7, 11) is 0. The zero-order valence-corrected chi connectivity index (χ0v) is 13.3. The van der Waals surface area contributed by atoms with Crippen molar-refractivity contribution < 1.29 is 19.2 Å². The molecule has 1 aromatic rings. The first-order chi connectivity index (χ1) is 10.9. The lowest BCUT2D eigenvalue weighted by Crippen LogP contribution is -2.39. The third-order valence-electron chi connectivity index (χ3n) is 3.83. The summed E-state index contributed by atoms with van der Waals surface area (Å²) in [5.74, 6) is -0.556. The Bertz CT molecular complexity index is 629. The standard InChI is InChI=1S/C16H20N2O5/c1-3-23-16(20)13-7-12(8-14(9-13)18(21)22)15(19)17-6-4-5-11(2)10-17/h7-9,11H,3-6,10H2,1-2H3. The highest BCUT2D eigenvalue weighted by atomic mass is 16.6. The van der Waals surface area contributed by atoms with Crippen molar-refractivity contribution in [2.24, 2.45) is 5.92 Å². The van der Waals surface area contributed by atoms with Crippen LogP contribution in [0.5, 0.6) is 0 Å². The zero-order valence-electron chi connectivity index (χ0n) is 13.3. The first-order valence-corrected chi connectivity index (χ1v) is 7.68. The lowest BCUT2D eigenvalue weighted by atomic mass is 9.99. The molecule has 0 bridgehead atoms. The minimum Gasteiger partial charge on any atom is -0.462 e. The molecule has 1 atom stereocenters. The average molecular weight is 320 g/mol. The van der Waals surface area contributed by atoms with Crippen LogP contribution in [0.15, 0.2) is 18.2 Å². The van der Waals surface area contributed by atoms with Crippen molar-refractivity contribution in [2.45, 2.75) is 26.7 Å². The smallest absolute Gasteiger partial charge is 0.338 e. The van der Waals surface area contributed by atoms with Crippen molar-refractivity contribution in [2.75, 3.05) is 19.7 Å². The fraction of sp³-hybridized carbons (Fsp3) is 0.500. The highest BCUT2D eigenvalue weighted by Crippen LogP contribution is 2.22. The third kappa shape index (κ3) is 4.06. The molecule has 2 rings (SSSR count). The Morgan fingerprint density at radius 1 is 1.35 bits per heavy atom. The van der Waals surface area contributed by atoms with Gasteiger partial charge in [-0.25, -0.2) is 4.79 Å². The van der Waals surface area contributed by atoms with Gasteiger partial charge in [0.15, 0.2) is 0 Å². The molecule has 7 heteroatoms. The van der Waals surface area contributed by atoms with Crippen LogP contribution in [0.25, 0.3) is 0 Å². The Hall–Kier alpha value is -2.44. The SMILES string of the molecule is CCOC(=O)c1cc(C(=O)N2CCCC(C)C2)cc([N+](=O)[O-])c1. The molecule has 1 aliphatic rings. The van der Waals surface area contributed by atoms with Gasteiger partial charge in [0.25, 0.3) is 11.6 Å². The van der Waals surface area contributed by atoms with Gasteiger partial charge in [-0.2, -0.15) is 0 Å². The summed E-state index contributed by atoms with van der Waals surface area (Å²) >= 11 is 0. The monoisotopic (exact) mass is 320 g/mol. The van der Waals surface area contributed by atoms with Gasteiger partial charge in [0.2, 0.25) is 0 Å². The van der Waals surface area contributed by atoms with Crippen molar-refractivity contribution in [1.82, 2.24) is 4.90 Å². The van der Waals surface area contributed by atoms with E-state index in [-0.39, 0.29) is 29.3 Å². The molecule has 1 saturated heterocycles. The molecule has 0 N–H and O–H groups in total. The van der Waals surface area contributed by atoms with Gasteiger partial charge < -0.3 is 9.64 Å². The van der Waals surface area contributed by atoms with Crippen LogP contribution in [0.1, 0.15) is 47.4 Å². The number of hydrogen-bond acceptors (Lipinski definition) is 5. The Balaban J connectivity index is 2.34. The van der Waals surface area contributed by atoms with Gasteiger partial charge in [0.1, 0.15) is 0 Å². The summed E-state index contributed by atoms with van der Waals surface area (Å²) in [6.45, 7) is 5.12. The predicted octanol–water partition coefficient (Wildman–Crippen LogP) is 2.64. The van der Waals surface area contributed by atoms with Gasteiger partial charge in [0, 0.05) is 30.8 Å². The Morgan fingerprint density at radius 3 is 2.65 bits per heavy atom. The van der Waals surface area contributed by atoms with E-state index in [2.05, 4.69) is 6.92 Å². The molecule has 7 nitrogen and oxygen atoms in total. The van der Waals surface area contributed by atoms with Gasteiger partial charge in [-0.05, 0) is 31.7 Å². The van der Waals surface area contributed by atoms with Crippen molar-refractivity contribution >= 4 is 17.6 Å². The fourth-order valence-corrected chi connectivity index (χ4v) is 2.73. The molecule has 0 aliphatic carbocycles. The van der Waals surface area contributed by atoms with Crippen LogP contribution in [0.3, 0.4) is 0 Å². The van der Waals surface area contributed by atoms with Crippen molar-refractivity contribution in [1.29, 1.82) is 0 Å². The maximum absolute atomic E-state index is 12.6. The number of piperidine rings is 1. The molecule has 0 spiro atoms. The number of likely N-dealkylation sites (tertiary alicyclic amines) is 1. The maximum Gasteiger partial charge on any atom is 0.338 e. The van der Waals surface area contributed by atoms with E-state index in [1.807, 2.05) is 0 Å². The van der Waals surface area contributed by atoms with Crippen molar-refractivity contribution in [3.05, 3.63) is 39.4 Å². The minimum absolute atomic E-state index is 0.0226. The normalized spacial score (nSPS) is 17.7. The van der Waals surface area contributed by atoms with Gasteiger partial charge in [0.05, 0.1) is 17.1 Å². The number of nitrogens with zero attached hydrogens (tertiary/aromatic N) is 2. The number of non-ortho nitro benzene ring substituents is 1. The molecule has 1 aromatic carbocycles. The van der Waals surface area contributed by atoms with Crippen LogP contribution in [-0.4, -0.2) is 41.4 Å².